The number of ether oxygens (including phenoxy) is 1. The smallest absolute Gasteiger partial charge is 0.419 e. The molecule has 0 spiro atoms. The Labute approximate surface area is 151 Å². The molecule has 1 unspecified atom stereocenters. The molecule has 1 aromatic rings. The van der Waals surface area contributed by atoms with E-state index in [1.54, 1.807) is 0 Å². The summed E-state index contributed by atoms with van der Waals surface area (Å²) in [6.07, 6.45) is -4.60. The first-order valence-electron chi connectivity index (χ1n) is 8.03. The molecule has 0 bridgehead atoms. The number of methoxy groups -OCH3 is 1. The quantitative estimate of drug-likeness (QED) is 0.775. The van der Waals surface area contributed by atoms with Gasteiger partial charge in [-0.25, -0.2) is 8.42 Å². The Hall–Kier alpha value is -1.77. The fourth-order valence-corrected chi connectivity index (χ4v) is 4.79. The van der Waals surface area contributed by atoms with Gasteiger partial charge in [0.1, 0.15) is 5.75 Å². The third kappa shape index (κ3) is 4.31. The number of benzene rings is 1. The minimum atomic E-state index is -4.60. The van der Waals surface area contributed by atoms with E-state index in [2.05, 4.69) is 0 Å². The van der Waals surface area contributed by atoms with Crippen molar-refractivity contribution in [2.75, 3.05) is 25.2 Å². The molecule has 2 rings (SSSR count). The second kappa shape index (κ2) is 6.75. The maximum absolute atomic E-state index is 13.0. The molecule has 0 N–H and O–H groups in total. The van der Waals surface area contributed by atoms with E-state index in [0.717, 1.165) is 25.3 Å². The molecule has 1 saturated heterocycles. The highest BCUT2D eigenvalue weighted by molar-refractivity contribution is 7.91. The van der Waals surface area contributed by atoms with E-state index in [4.69, 9.17) is 4.74 Å². The number of alkyl halides is 3. The van der Waals surface area contributed by atoms with Crippen LogP contribution in [0.3, 0.4) is 0 Å². The van der Waals surface area contributed by atoms with Crippen LogP contribution < -0.4 is 4.74 Å². The number of sulfone groups is 1. The van der Waals surface area contributed by atoms with Crippen LogP contribution in [0.1, 0.15) is 36.7 Å². The summed E-state index contributed by atoms with van der Waals surface area (Å²) in [6.45, 7) is 5.48. The van der Waals surface area contributed by atoms with Crippen LogP contribution in [0.5, 0.6) is 5.75 Å². The van der Waals surface area contributed by atoms with Gasteiger partial charge in [-0.3, -0.25) is 4.79 Å². The fourth-order valence-electron chi connectivity index (χ4n) is 2.99. The van der Waals surface area contributed by atoms with E-state index in [0.29, 0.717) is 0 Å². The molecule has 0 aliphatic carbocycles. The van der Waals surface area contributed by atoms with Crippen molar-refractivity contribution in [1.82, 2.24) is 4.90 Å². The molecule has 1 aromatic carbocycles. The summed E-state index contributed by atoms with van der Waals surface area (Å²) in [4.78, 5) is 14.3. The van der Waals surface area contributed by atoms with E-state index in [-0.39, 0.29) is 23.6 Å². The zero-order valence-corrected chi connectivity index (χ0v) is 15.9. The molecule has 0 saturated carbocycles. The number of halogens is 3. The molecule has 1 aliphatic rings. The third-order valence-corrected chi connectivity index (χ3v) is 6.07. The molecule has 1 amide bonds. The Balaban J connectivity index is 2.41. The first-order valence-corrected chi connectivity index (χ1v) is 9.85. The van der Waals surface area contributed by atoms with Crippen molar-refractivity contribution >= 4 is 15.7 Å². The molecule has 1 heterocycles. The highest BCUT2D eigenvalue weighted by Gasteiger charge is 2.41. The molecule has 0 aromatic heterocycles. The van der Waals surface area contributed by atoms with Gasteiger partial charge in [-0.2, -0.15) is 13.2 Å². The Morgan fingerprint density at radius 3 is 2.35 bits per heavy atom. The van der Waals surface area contributed by atoms with E-state index in [1.807, 2.05) is 20.8 Å². The van der Waals surface area contributed by atoms with Gasteiger partial charge < -0.3 is 9.64 Å². The summed E-state index contributed by atoms with van der Waals surface area (Å²) < 4.78 is 67.7. The Morgan fingerprint density at radius 2 is 1.85 bits per heavy atom. The highest BCUT2D eigenvalue weighted by Crippen LogP contribution is 2.37. The minimum absolute atomic E-state index is 0.00639. The number of hydrogen-bond donors (Lipinski definition) is 0. The maximum atomic E-state index is 13.0. The number of rotatable bonds is 2. The van der Waals surface area contributed by atoms with Crippen LogP contribution >= 0.6 is 0 Å². The van der Waals surface area contributed by atoms with Crippen LogP contribution in [0.15, 0.2) is 18.2 Å². The third-order valence-electron chi connectivity index (χ3n) is 4.45. The second-order valence-corrected chi connectivity index (χ2v) is 9.64. The zero-order valence-electron chi connectivity index (χ0n) is 15.1. The van der Waals surface area contributed by atoms with Gasteiger partial charge in [0.05, 0.1) is 30.2 Å². The molecule has 0 radical (unpaired) electrons. The van der Waals surface area contributed by atoms with Gasteiger partial charge in [0.15, 0.2) is 9.84 Å². The average molecular weight is 393 g/mol. The number of nitrogens with zero attached hydrogens (tertiary/aromatic N) is 1. The molecule has 1 atom stereocenters. The van der Waals surface area contributed by atoms with Gasteiger partial charge in [0.2, 0.25) is 0 Å². The Morgan fingerprint density at radius 1 is 1.23 bits per heavy atom. The number of carbonyl (C=O) groups excluding carboxylic acids is 1. The topological polar surface area (TPSA) is 63.7 Å². The average Bonchev–Trinajstić information content (AvgIpc) is 2.51. The van der Waals surface area contributed by atoms with E-state index >= 15 is 0 Å². The van der Waals surface area contributed by atoms with Gasteiger partial charge in [-0.15, -0.1) is 0 Å². The van der Waals surface area contributed by atoms with E-state index in [9.17, 15) is 26.4 Å². The fraction of sp³-hybridized carbons (Fsp3) is 0.588. The summed E-state index contributed by atoms with van der Waals surface area (Å²) >= 11 is 0. The van der Waals surface area contributed by atoms with Crippen LogP contribution in [0.4, 0.5) is 13.2 Å². The lowest BCUT2D eigenvalue weighted by molar-refractivity contribution is -0.138. The van der Waals surface area contributed by atoms with Crippen molar-refractivity contribution in [3.63, 3.8) is 0 Å². The molecular weight excluding hydrogens is 371 g/mol. The molecule has 1 fully saturated rings. The van der Waals surface area contributed by atoms with E-state index < -0.39 is 44.7 Å². The Bertz CT molecular complexity index is 797. The summed E-state index contributed by atoms with van der Waals surface area (Å²) in [5.41, 5.74) is -1.44. The Kier molecular flexibility index (Phi) is 5.34. The molecule has 9 heteroatoms. The SMILES string of the molecule is COc1cc(C(=O)N2CCS(=O)(=O)CC2C(C)(C)C)ccc1C(F)(F)F. The predicted octanol–water partition coefficient (Wildman–Crippen LogP) is 3.00. The molecule has 146 valence electrons. The van der Waals surface area contributed by atoms with Crippen LogP contribution in [0.25, 0.3) is 0 Å². The normalized spacial score (nSPS) is 20.7. The summed E-state index contributed by atoms with van der Waals surface area (Å²) in [6, 6.07) is 2.38. The first-order chi connectivity index (χ1) is 11.8. The van der Waals surface area contributed by atoms with Gasteiger partial charge in [-0.1, -0.05) is 20.8 Å². The zero-order chi connectivity index (χ0) is 19.9. The van der Waals surface area contributed by atoms with Crippen molar-refractivity contribution in [2.24, 2.45) is 5.41 Å². The van der Waals surface area contributed by atoms with Crippen LogP contribution in [-0.4, -0.2) is 50.4 Å². The van der Waals surface area contributed by atoms with Gasteiger partial charge in [-0.05, 0) is 23.6 Å². The maximum Gasteiger partial charge on any atom is 0.419 e. The number of amides is 1. The van der Waals surface area contributed by atoms with Crippen molar-refractivity contribution in [2.45, 2.75) is 33.0 Å². The first kappa shape index (κ1) is 20.5. The largest absolute Gasteiger partial charge is 0.496 e. The summed E-state index contributed by atoms with van der Waals surface area (Å²) in [5.74, 6) is -1.28. The minimum Gasteiger partial charge on any atom is -0.496 e. The van der Waals surface area contributed by atoms with Crippen molar-refractivity contribution in [3.05, 3.63) is 29.3 Å². The van der Waals surface area contributed by atoms with Crippen molar-refractivity contribution in [1.29, 1.82) is 0 Å². The van der Waals surface area contributed by atoms with Crippen LogP contribution in [-0.2, 0) is 16.0 Å². The highest BCUT2D eigenvalue weighted by atomic mass is 32.2. The van der Waals surface area contributed by atoms with Gasteiger partial charge in [0, 0.05) is 12.1 Å². The lowest BCUT2D eigenvalue weighted by Crippen LogP contribution is -2.56. The number of carbonyl (C=O) groups is 1. The summed E-state index contributed by atoms with van der Waals surface area (Å²) in [7, 11) is -2.17. The molecule has 5 nitrogen and oxygen atoms in total. The monoisotopic (exact) mass is 393 g/mol. The lowest BCUT2D eigenvalue weighted by atomic mass is 9.86. The lowest BCUT2D eigenvalue weighted by Gasteiger charge is -2.43. The van der Waals surface area contributed by atoms with Crippen LogP contribution in [0, 0.1) is 5.41 Å². The predicted molar refractivity (Wildman–Crippen MR) is 90.9 cm³/mol. The van der Waals surface area contributed by atoms with Crippen molar-refractivity contribution < 1.29 is 31.1 Å². The molecule has 26 heavy (non-hydrogen) atoms. The van der Waals surface area contributed by atoms with Gasteiger partial charge in [0.25, 0.3) is 5.91 Å². The second-order valence-electron chi connectivity index (χ2n) is 7.41. The number of hydrogen-bond acceptors (Lipinski definition) is 4. The summed E-state index contributed by atoms with van der Waals surface area (Å²) in [5, 5.41) is 0. The van der Waals surface area contributed by atoms with Gasteiger partial charge >= 0.3 is 6.18 Å². The molecular formula is C17H22F3NO4S. The van der Waals surface area contributed by atoms with Crippen molar-refractivity contribution in [3.8, 4) is 5.75 Å². The van der Waals surface area contributed by atoms with E-state index in [1.165, 1.54) is 4.90 Å². The standard InChI is InChI=1S/C17H22F3NO4S/c1-16(2,3)14-10-26(23,24)8-7-21(14)15(22)11-5-6-12(17(18,19)20)13(9-11)25-4/h5-6,9,14H,7-8,10H2,1-4H3. The van der Waals surface area contributed by atoms with Crippen LogP contribution in [0.2, 0.25) is 0 Å². The molecule has 1 aliphatic heterocycles.